The van der Waals surface area contributed by atoms with Crippen LogP contribution in [0.5, 0.6) is 0 Å². The molecule has 6 aromatic rings. The van der Waals surface area contributed by atoms with E-state index in [9.17, 15) is 32.7 Å². The average Bonchev–Trinajstić information content (AvgIpc) is 3.73. The van der Waals surface area contributed by atoms with Gasteiger partial charge in [0.15, 0.2) is 17.3 Å². The van der Waals surface area contributed by atoms with Gasteiger partial charge in [0, 0.05) is 6.54 Å². The van der Waals surface area contributed by atoms with Gasteiger partial charge in [0.2, 0.25) is 10.3 Å². The number of carboxylic acid groups (broad SMARTS) is 1. The van der Waals surface area contributed by atoms with Crippen LogP contribution in [0.15, 0.2) is 100 Å². The Balaban J connectivity index is 1.15. The molecule has 6 rings (SSSR count). The fraction of sp³-hybridized carbons (Fsp3) is 0.129. The van der Waals surface area contributed by atoms with E-state index in [1.807, 2.05) is 12.1 Å². The van der Waals surface area contributed by atoms with E-state index in [0.717, 1.165) is 22.2 Å². The molecule has 0 spiro atoms. The lowest BCUT2D eigenvalue weighted by molar-refractivity contribution is -0.170. The Hall–Kier alpha value is -6.18. The number of hydrogen-bond donors (Lipinski definition) is 4. The van der Waals surface area contributed by atoms with Crippen LogP contribution in [0, 0.1) is 0 Å². The summed E-state index contributed by atoms with van der Waals surface area (Å²) in [5, 5.41) is 12.0. The lowest BCUT2D eigenvalue weighted by Crippen LogP contribution is -2.41. The molecule has 0 atom stereocenters. The fourth-order valence-corrected chi connectivity index (χ4v) is 7.08. The number of anilines is 1. The van der Waals surface area contributed by atoms with E-state index in [-0.39, 0.29) is 21.5 Å². The molecule has 3 heterocycles. The summed E-state index contributed by atoms with van der Waals surface area (Å²) in [5.74, 6) is -1.26. The number of benzene rings is 3. The molecule has 0 aliphatic carbocycles. The van der Waals surface area contributed by atoms with E-state index in [1.54, 1.807) is 72.8 Å². The van der Waals surface area contributed by atoms with E-state index < -0.39 is 59.5 Å². The highest BCUT2D eigenvalue weighted by Crippen LogP contribution is 2.27. The van der Waals surface area contributed by atoms with Crippen LogP contribution in [0.3, 0.4) is 0 Å². The number of fused-ring (bicyclic) bond motifs is 2. The number of aromatic amines is 1. The molecule has 0 aliphatic heterocycles. The topological polar surface area (TPSA) is 228 Å². The maximum Gasteiger partial charge on any atom is 0.530 e. The Labute approximate surface area is 286 Å². The number of carbonyl (C=O) groups is 3. The smallest absolute Gasteiger partial charge is 0.448 e. The molecular formula is C31H26N8O9S2. The summed E-state index contributed by atoms with van der Waals surface area (Å²) in [4.78, 5) is 69.6. The summed E-state index contributed by atoms with van der Waals surface area (Å²) >= 11 is 0.943. The summed E-state index contributed by atoms with van der Waals surface area (Å²) in [6, 6.07) is 24.8. The van der Waals surface area contributed by atoms with E-state index in [1.165, 1.54) is 0 Å². The van der Waals surface area contributed by atoms with Crippen molar-refractivity contribution >= 4 is 66.8 Å². The molecule has 0 saturated carbocycles. The van der Waals surface area contributed by atoms with Crippen molar-refractivity contribution in [3.8, 4) is 0 Å². The number of H-pyrrole nitrogens is 1. The van der Waals surface area contributed by atoms with Gasteiger partial charge in [0.1, 0.15) is 6.54 Å². The minimum atomic E-state index is -4.10. The van der Waals surface area contributed by atoms with Crippen molar-refractivity contribution in [2.75, 3.05) is 18.4 Å². The summed E-state index contributed by atoms with van der Waals surface area (Å²) in [5.41, 5.74) is 0.814. The number of hydroxylamine groups is 2. The lowest BCUT2D eigenvalue weighted by Gasteiger charge is -2.20. The first-order valence-electron chi connectivity index (χ1n) is 14.7. The Morgan fingerprint density at radius 2 is 1.62 bits per heavy atom. The zero-order valence-electron chi connectivity index (χ0n) is 25.6. The van der Waals surface area contributed by atoms with Crippen LogP contribution in [-0.2, 0) is 30.9 Å². The predicted octanol–water partition coefficient (Wildman–Crippen LogP) is 3.48. The zero-order valence-corrected chi connectivity index (χ0v) is 27.3. The Kier molecular flexibility index (Phi) is 9.79. The number of ether oxygens (including phenoxy) is 1. The number of thiazole rings is 1. The summed E-state index contributed by atoms with van der Waals surface area (Å²) in [6.07, 6.45) is -2.45. The van der Waals surface area contributed by atoms with Gasteiger partial charge in [-0.2, -0.15) is 10.0 Å². The summed E-state index contributed by atoms with van der Waals surface area (Å²) in [7, 11) is -4.10. The van der Waals surface area contributed by atoms with Gasteiger partial charge in [0.25, 0.3) is 21.5 Å². The van der Waals surface area contributed by atoms with E-state index in [4.69, 9.17) is 4.74 Å². The van der Waals surface area contributed by atoms with Crippen LogP contribution in [-0.4, -0.2) is 74.3 Å². The third-order valence-corrected chi connectivity index (χ3v) is 9.88. The molecule has 17 nitrogen and oxygen atoms in total. The van der Waals surface area contributed by atoms with Crippen LogP contribution in [0.25, 0.3) is 21.4 Å². The normalized spacial score (nSPS) is 11.5. The Morgan fingerprint density at radius 3 is 2.28 bits per heavy atom. The molecule has 256 valence electrons. The van der Waals surface area contributed by atoms with Gasteiger partial charge in [0.05, 0.1) is 23.1 Å². The third kappa shape index (κ3) is 7.75. The molecule has 0 unspecified atom stereocenters. The zero-order chi connectivity index (χ0) is 35.3. The first kappa shape index (κ1) is 33.7. The molecule has 2 amide bonds. The monoisotopic (exact) mass is 718 g/mol. The fourth-order valence-electron chi connectivity index (χ4n) is 4.80. The average molecular weight is 719 g/mol. The van der Waals surface area contributed by atoms with Crippen molar-refractivity contribution in [1.82, 2.24) is 34.3 Å². The van der Waals surface area contributed by atoms with Crippen LogP contribution < -0.4 is 15.6 Å². The quantitative estimate of drug-likeness (QED) is 0.141. The summed E-state index contributed by atoms with van der Waals surface area (Å²) in [6.45, 7) is -1.57. The van der Waals surface area contributed by atoms with E-state index in [2.05, 4.69) is 34.8 Å². The second-order valence-electron chi connectivity index (χ2n) is 10.4. The number of hydrogen-bond acceptors (Lipinski definition) is 12. The molecule has 50 heavy (non-hydrogen) atoms. The van der Waals surface area contributed by atoms with Gasteiger partial charge < -0.3 is 19.2 Å². The number of rotatable bonds is 11. The van der Waals surface area contributed by atoms with Crippen LogP contribution in [0.1, 0.15) is 17.2 Å². The number of aromatic nitrogens is 5. The lowest BCUT2D eigenvalue weighted by atomic mass is 10.0. The van der Waals surface area contributed by atoms with Crippen molar-refractivity contribution in [2.45, 2.75) is 17.0 Å². The third-order valence-electron chi connectivity index (χ3n) is 7.01. The van der Waals surface area contributed by atoms with Gasteiger partial charge in [-0.25, -0.2) is 32.7 Å². The van der Waals surface area contributed by atoms with Gasteiger partial charge in [-0.05, 0) is 23.3 Å². The van der Waals surface area contributed by atoms with Gasteiger partial charge >= 0.3 is 12.2 Å². The van der Waals surface area contributed by atoms with Gasteiger partial charge in [-0.3, -0.25) is 19.9 Å². The second kappa shape index (κ2) is 14.5. The van der Waals surface area contributed by atoms with Crippen molar-refractivity contribution < 1.29 is 37.5 Å². The SMILES string of the molecule is O=C(O)ON(CCNS(=O)(=O)c1nc2ccccc2s1)C(=O)Cn1cnc2c(=O)[nH]c(NC(=O)OC(c3ccccc3)c3ccccc3)nc21. The van der Waals surface area contributed by atoms with Crippen molar-refractivity contribution in [3.05, 3.63) is 113 Å². The highest BCUT2D eigenvalue weighted by molar-refractivity contribution is 7.91. The number of amides is 2. The maximum absolute atomic E-state index is 13.2. The first-order chi connectivity index (χ1) is 24.1. The van der Waals surface area contributed by atoms with Crippen molar-refractivity contribution in [2.24, 2.45) is 0 Å². The standard InChI is InChI=1S/C31H26N8O9S2/c40-23(39(48-31(43)44)16-15-33-50(45,46)30-34-21-13-7-8-14-22(21)49-30)17-38-18-32-24-26(38)35-28(36-27(24)41)37-29(42)47-25(19-9-3-1-4-10-19)20-11-5-2-6-12-20/h1-14,18,25,33H,15-17H2,(H,43,44)(H2,35,36,37,41,42). The number of imidazole rings is 1. The van der Waals surface area contributed by atoms with E-state index in [0.29, 0.717) is 26.4 Å². The Morgan fingerprint density at radius 1 is 0.960 bits per heavy atom. The molecule has 0 bridgehead atoms. The van der Waals surface area contributed by atoms with Gasteiger partial charge in [-0.15, -0.1) is 11.3 Å². The van der Waals surface area contributed by atoms with E-state index >= 15 is 0 Å². The number of nitrogens with one attached hydrogen (secondary N) is 3. The number of sulfonamides is 1. The molecule has 4 N–H and O–H groups in total. The largest absolute Gasteiger partial charge is 0.530 e. The number of carbonyl (C=O) groups excluding carboxylic acids is 2. The Bertz CT molecular complexity index is 2270. The molecule has 0 saturated heterocycles. The minimum absolute atomic E-state index is 0.133. The molecule has 0 fully saturated rings. The van der Waals surface area contributed by atoms with Crippen molar-refractivity contribution in [3.63, 3.8) is 0 Å². The number of nitrogens with zero attached hydrogens (tertiary/aromatic N) is 5. The maximum atomic E-state index is 13.2. The molecule has 3 aromatic carbocycles. The van der Waals surface area contributed by atoms with Gasteiger partial charge in [-0.1, -0.05) is 72.8 Å². The molecular weight excluding hydrogens is 693 g/mol. The second-order valence-corrected chi connectivity index (χ2v) is 13.4. The van der Waals surface area contributed by atoms with Crippen LogP contribution in [0.2, 0.25) is 0 Å². The predicted molar refractivity (Wildman–Crippen MR) is 179 cm³/mol. The number of para-hydroxylation sites is 1. The molecule has 0 aliphatic rings. The summed E-state index contributed by atoms with van der Waals surface area (Å²) < 4.78 is 35.2. The highest BCUT2D eigenvalue weighted by Gasteiger charge is 2.25. The van der Waals surface area contributed by atoms with Crippen LogP contribution >= 0.6 is 11.3 Å². The van der Waals surface area contributed by atoms with Crippen molar-refractivity contribution in [1.29, 1.82) is 0 Å². The first-order valence-corrected chi connectivity index (χ1v) is 17.0. The molecule has 19 heteroatoms. The molecule has 3 aromatic heterocycles. The molecule has 0 radical (unpaired) electrons. The minimum Gasteiger partial charge on any atom is -0.448 e. The highest BCUT2D eigenvalue weighted by atomic mass is 32.2. The van der Waals surface area contributed by atoms with Crippen LogP contribution in [0.4, 0.5) is 15.5 Å².